The Balaban J connectivity index is 1.53. The minimum absolute atomic E-state index is 0.0616. The van der Waals surface area contributed by atoms with Gasteiger partial charge in [-0.3, -0.25) is 4.79 Å². The van der Waals surface area contributed by atoms with Gasteiger partial charge < -0.3 is 19.9 Å². The van der Waals surface area contributed by atoms with E-state index in [4.69, 9.17) is 4.74 Å². The molecular weight excluding hydrogens is 322 g/mol. The Morgan fingerprint density at radius 2 is 1.76 bits per heavy atom. The van der Waals surface area contributed by atoms with Crippen molar-refractivity contribution in [3.8, 4) is 6.01 Å². The van der Waals surface area contributed by atoms with Crippen LogP contribution in [-0.4, -0.2) is 65.0 Å². The molecule has 0 aliphatic carbocycles. The van der Waals surface area contributed by atoms with Crippen molar-refractivity contribution >= 4 is 17.8 Å². The van der Waals surface area contributed by atoms with E-state index in [1.807, 2.05) is 16.7 Å². The van der Waals surface area contributed by atoms with Gasteiger partial charge >= 0.3 is 12.0 Å². The molecule has 1 aromatic heterocycles. The zero-order valence-corrected chi connectivity index (χ0v) is 14.8. The van der Waals surface area contributed by atoms with Crippen molar-refractivity contribution < 1.29 is 14.3 Å². The van der Waals surface area contributed by atoms with Crippen molar-refractivity contribution in [2.75, 3.05) is 38.6 Å². The van der Waals surface area contributed by atoms with Crippen LogP contribution in [0, 0.1) is 12.8 Å². The van der Waals surface area contributed by atoms with Crippen molar-refractivity contribution in [2.45, 2.75) is 32.6 Å². The Morgan fingerprint density at radius 1 is 1.12 bits per heavy atom. The van der Waals surface area contributed by atoms with E-state index in [-0.39, 0.29) is 23.9 Å². The third-order valence-corrected chi connectivity index (χ3v) is 4.78. The van der Waals surface area contributed by atoms with Crippen molar-refractivity contribution in [1.29, 1.82) is 0 Å². The highest BCUT2D eigenvalue weighted by atomic mass is 16.5. The van der Waals surface area contributed by atoms with E-state index in [9.17, 15) is 9.59 Å². The molecule has 2 aliphatic rings. The number of likely N-dealkylation sites (tertiary alicyclic amines) is 2. The molecule has 0 spiro atoms. The number of rotatable bonds is 3. The lowest BCUT2D eigenvalue weighted by molar-refractivity contribution is -0.121. The van der Waals surface area contributed by atoms with Crippen LogP contribution < -0.4 is 10.1 Å². The number of hydrogen-bond donors (Lipinski definition) is 1. The van der Waals surface area contributed by atoms with Gasteiger partial charge in [-0.2, -0.15) is 4.98 Å². The third kappa shape index (κ3) is 4.18. The molecular formula is C17H25N5O3. The molecule has 0 bridgehead atoms. The van der Waals surface area contributed by atoms with E-state index < -0.39 is 0 Å². The van der Waals surface area contributed by atoms with Gasteiger partial charge in [0.05, 0.1) is 7.11 Å². The molecule has 0 aromatic carbocycles. The summed E-state index contributed by atoms with van der Waals surface area (Å²) in [5.74, 6) is 0.280. The monoisotopic (exact) mass is 347 g/mol. The molecule has 136 valence electrons. The van der Waals surface area contributed by atoms with E-state index in [0.29, 0.717) is 31.7 Å². The standard InChI is InChI=1S/C17H25N5O3/c1-12-11-14(20-16(18-12)25-2)19-15(23)13-5-9-22(10-6-13)17(24)21-7-3-4-8-21/h11,13H,3-10H2,1-2H3,(H,18,19,20,23). The fourth-order valence-corrected chi connectivity index (χ4v) is 3.37. The van der Waals surface area contributed by atoms with E-state index in [0.717, 1.165) is 31.6 Å². The maximum absolute atomic E-state index is 12.5. The maximum Gasteiger partial charge on any atom is 0.319 e. The first-order chi connectivity index (χ1) is 12.1. The molecule has 25 heavy (non-hydrogen) atoms. The van der Waals surface area contributed by atoms with E-state index in [1.54, 1.807) is 6.07 Å². The van der Waals surface area contributed by atoms with Crippen LogP contribution in [0.2, 0.25) is 0 Å². The molecule has 1 N–H and O–H groups in total. The number of piperidine rings is 1. The fourth-order valence-electron chi connectivity index (χ4n) is 3.37. The number of aryl methyl sites for hydroxylation is 1. The summed E-state index contributed by atoms with van der Waals surface area (Å²) in [6.45, 7) is 4.78. The Bertz CT molecular complexity index is 637. The van der Waals surface area contributed by atoms with Gasteiger partial charge in [0.15, 0.2) is 0 Å². The van der Waals surface area contributed by atoms with Crippen LogP contribution in [-0.2, 0) is 4.79 Å². The number of amides is 3. The van der Waals surface area contributed by atoms with Gasteiger partial charge in [0, 0.05) is 43.9 Å². The molecule has 3 amide bonds. The van der Waals surface area contributed by atoms with E-state index >= 15 is 0 Å². The highest BCUT2D eigenvalue weighted by molar-refractivity contribution is 5.92. The van der Waals surface area contributed by atoms with Gasteiger partial charge in [-0.25, -0.2) is 9.78 Å². The minimum atomic E-state index is -0.108. The maximum atomic E-state index is 12.5. The highest BCUT2D eigenvalue weighted by Crippen LogP contribution is 2.22. The molecule has 3 heterocycles. The van der Waals surface area contributed by atoms with Gasteiger partial charge in [-0.1, -0.05) is 0 Å². The molecule has 2 aliphatic heterocycles. The van der Waals surface area contributed by atoms with Crippen molar-refractivity contribution in [3.05, 3.63) is 11.8 Å². The average molecular weight is 347 g/mol. The highest BCUT2D eigenvalue weighted by Gasteiger charge is 2.30. The summed E-state index contributed by atoms with van der Waals surface area (Å²) in [6, 6.07) is 2.07. The lowest BCUT2D eigenvalue weighted by Crippen LogP contribution is -2.47. The van der Waals surface area contributed by atoms with Gasteiger partial charge in [0.1, 0.15) is 5.82 Å². The number of aromatic nitrogens is 2. The summed E-state index contributed by atoms with van der Waals surface area (Å²) in [5.41, 5.74) is 0.730. The fraction of sp³-hybridized carbons (Fsp3) is 0.647. The van der Waals surface area contributed by atoms with Crippen LogP contribution in [0.25, 0.3) is 0 Å². The van der Waals surface area contributed by atoms with E-state index in [1.165, 1.54) is 7.11 Å². The normalized spacial score (nSPS) is 18.3. The molecule has 0 atom stereocenters. The Labute approximate surface area is 147 Å². The number of carbonyl (C=O) groups excluding carboxylic acids is 2. The lowest BCUT2D eigenvalue weighted by Gasteiger charge is -2.33. The second-order valence-corrected chi connectivity index (χ2v) is 6.61. The van der Waals surface area contributed by atoms with Crippen molar-refractivity contribution in [1.82, 2.24) is 19.8 Å². The topological polar surface area (TPSA) is 87.7 Å². The molecule has 0 radical (unpaired) electrons. The average Bonchev–Trinajstić information content (AvgIpc) is 3.15. The van der Waals surface area contributed by atoms with Crippen LogP contribution in [0.5, 0.6) is 6.01 Å². The lowest BCUT2D eigenvalue weighted by atomic mass is 9.96. The SMILES string of the molecule is COc1nc(C)cc(NC(=O)C2CCN(C(=O)N3CCCC3)CC2)n1. The number of hydrogen-bond acceptors (Lipinski definition) is 5. The van der Waals surface area contributed by atoms with Gasteiger partial charge in [0.25, 0.3) is 0 Å². The summed E-state index contributed by atoms with van der Waals surface area (Å²) in [6.07, 6.45) is 3.53. The van der Waals surface area contributed by atoms with Gasteiger partial charge in [-0.05, 0) is 32.6 Å². The van der Waals surface area contributed by atoms with Crippen molar-refractivity contribution in [2.24, 2.45) is 5.92 Å². The van der Waals surface area contributed by atoms with E-state index in [2.05, 4.69) is 15.3 Å². The number of carbonyl (C=O) groups is 2. The predicted molar refractivity (Wildman–Crippen MR) is 92.5 cm³/mol. The number of methoxy groups -OCH3 is 1. The second kappa shape index (κ2) is 7.67. The van der Waals surface area contributed by atoms with Crippen LogP contribution in [0.1, 0.15) is 31.4 Å². The Hall–Kier alpha value is -2.38. The third-order valence-electron chi connectivity index (χ3n) is 4.78. The molecule has 3 rings (SSSR count). The summed E-state index contributed by atoms with van der Waals surface area (Å²) in [5, 5.41) is 2.84. The number of nitrogens with zero attached hydrogens (tertiary/aromatic N) is 4. The summed E-state index contributed by atoms with van der Waals surface area (Å²) >= 11 is 0. The first-order valence-corrected chi connectivity index (χ1v) is 8.81. The quantitative estimate of drug-likeness (QED) is 0.898. The number of urea groups is 1. The zero-order valence-electron chi connectivity index (χ0n) is 14.8. The summed E-state index contributed by atoms with van der Waals surface area (Å²) in [7, 11) is 1.49. The molecule has 2 fully saturated rings. The summed E-state index contributed by atoms with van der Waals surface area (Å²) in [4.78, 5) is 36.9. The zero-order chi connectivity index (χ0) is 17.8. The van der Waals surface area contributed by atoms with Gasteiger partial charge in [-0.15, -0.1) is 0 Å². The first-order valence-electron chi connectivity index (χ1n) is 8.81. The second-order valence-electron chi connectivity index (χ2n) is 6.61. The van der Waals surface area contributed by atoms with Gasteiger partial charge in [0.2, 0.25) is 5.91 Å². The molecule has 0 saturated carbocycles. The first kappa shape index (κ1) is 17.4. The predicted octanol–water partition coefficient (Wildman–Crippen LogP) is 1.66. The molecule has 0 unspecified atom stereocenters. The molecule has 1 aromatic rings. The molecule has 8 nitrogen and oxygen atoms in total. The minimum Gasteiger partial charge on any atom is -0.467 e. The molecule has 2 saturated heterocycles. The van der Waals surface area contributed by atoms with Crippen molar-refractivity contribution in [3.63, 3.8) is 0 Å². The van der Waals surface area contributed by atoms with Crippen LogP contribution in [0.3, 0.4) is 0 Å². The summed E-state index contributed by atoms with van der Waals surface area (Å²) < 4.78 is 5.03. The Morgan fingerprint density at radius 3 is 2.40 bits per heavy atom. The smallest absolute Gasteiger partial charge is 0.319 e. The van der Waals surface area contributed by atoms with Crippen LogP contribution >= 0.6 is 0 Å². The number of anilines is 1. The number of nitrogens with one attached hydrogen (secondary N) is 1. The Kier molecular flexibility index (Phi) is 5.35. The largest absolute Gasteiger partial charge is 0.467 e. The van der Waals surface area contributed by atoms with Crippen LogP contribution in [0.15, 0.2) is 6.07 Å². The van der Waals surface area contributed by atoms with Crippen LogP contribution in [0.4, 0.5) is 10.6 Å². The molecule has 8 heteroatoms. The number of ether oxygens (including phenoxy) is 1.